The number of fused-ring (bicyclic) bond motifs is 7. The number of aryl methyl sites for hydroxylation is 3. The second-order valence-corrected chi connectivity index (χ2v) is 12.1. The van der Waals surface area contributed by atoms with E-state index in [9.17, 15) is 14.4 Å². The van der Waals surface area contributed by atoms with Crippen molar-refractivity contribution in [3.05, 3.63) is 87.5 Å². The van der Waals surface area contributed by atoms with E-state index in [1.54, 1.807) is 13.0 Å². The minimum absolute atomic E-state index is 0.0408. The van der Waals surface area contributed by atoms with Crippen LogP contribution in [0.4, 0.5) is 0 Å². The van der Waals surface area contributed by atoms with Gasteiger partial charge in [-0.25, -0.2) is 9.78 Å². The van der Waals surface area contributed by atoms with Crippen LogP contribution in [0.25, 0.3) is 0 Å². The first-order chi connectivity index (χ1) is 20.7. The fourth-order valence-corrected chi connectivity index (χ4v) is 6.34. The zero-order valence-electron chi connectivity index (χ0n) is 24.8. The van der Waals surface area contributed by atoms with E-state index in [1.165, 1.54) is 18.0 Å². The van der Waals surface area contributed by atoms with E-state index in [2.05, 4.69) is 34.7 Å². The number of oxazole rings is 1. The molecule has 2 amide bonds. The number of hydrogen-bond donors (Lipinski definition) is 2. The number of aromatic nitrogens is 1. The lowest BCUT2D eigenvalue weighted by atomic mass is 9.98. The van der Waals surface area contributed by atoms with Gasteiger partial charge in [-0.3, -0.25) is 9.59 Å². The highest BCUT2D eigenvalue weighted by Gasteiger charge is 2.33. The molecule has 0 unspecified atom stereocenters. The molecule has 0 spiro atoms. The predicted octanol–water partition coefficient (Wildman–Crippen LogP) is 4.31. The fraction of sp³-hybridized carbons (Fsp3) is 0.438. The Bertz CT molecular complexity index is 1440. The van der Waals surface area contributed by atoms with Crippen molar-refractivity contribution >= 4 is 29.5 Å². The molecule has 5 rings (SSSR count). The number of nitrogens with zero attached hydrogens (tertiary/aromatic N) is 1. The van der Waals surface area contributed by atoms with Gasteiger partial charge in [-0.05, 0) is 38.8 Å². The van der Waals surface area contributed by atoms with E-state index in [-0.39, 0.29) is 29.6 Å². The summed E-state index contributed by atoms with van der Waals surface area (Å²) in [5.41, 5.74) is 4.35. The maximum Gasteiger partial charge on any atom is 0.329 e. The van der Waals surface area contributed by atoms with Crippen molar-refractivity contribution in [3.63, 3.8) is 0 Å². The molecule has 1 fully saturated rings. The van der Waals surface area contributed by atoms with E-state index in [0.717, 1.165) is 22.3 Å². The van der Waals surface area contributed by atoms with Crippen LogP contribution in [0.2, 0.25) is 0 Å². The van der Waals surface area contributed by atoms with Crippen molar-refractivity contribution in [1.82, 2.24) is 15.6 Å². The van der Waals surface area contributed by atoms with Crippen molar-refractivity contribution in [1.29, 1.82) is 0 Å². The Morgan fingerprint density at radius 2 is 1.81 bits per heavy atom. The molecule has 10 nitrogen and oxygen atoms in total. The summed E-state index contributed by atoms with van der Waals surface area (Å²) in [7, 11) is 0. The largest absolute Gasteiger partial charge is 0.461 e. The number of cyclic esters (lactones) is 1. The van der Waals surface area contributed by atoms with E-state index < -0.39 is 30.3 Å². The molecule has 3 aliphatic heterocycles. The van der Waals surface area contributed by atoms with Gasteiger partial charge in [0, 0.05) is 30.7 Å². The number of carbonyl (C=O) groups is 3. The van der Waals surface area contributed by atoms with Crippen molar-refractivity contribution in [2.24, 2.45) is 0 Å². The van der Waals surface area contributed by atoms with Gasteiger partial charge in [-0.15, -0.1) is 11.8 Å². The van der Waals surface area contributed by atoms with Crippen molar-refractivity contribution < 1.29 is 33.0 Å². The molecular weight excluding hydrogens is 570 g/mol. The van der Waals surface area contributed by atoms with Crippen molar-refractivity contribution in [2.75, 3.05) is 12.3 Å². The van der Waals surface area contributed by atoms with Crippen LogP contribution in [-0.2, 0) is 30.2 Å². The van der Waals surface area contributed by atoms with Crippen molar-refractivity contribution in [3.8, 4) is 0 Å². The number of hydrogen-bond acceptors (Lipinski definition) is 9. The van der Waals surface area contributed by atoms with Crippen LogP contribution in [0.3, 0.4) is 0 Å². The zero-order valence-corrected chi connectivity index (χ0v) is 25.6. The summed E-state index contributed by atoms with van der Waals surface area (Å²) in [6.07, 6.45) is 10.3. The van der Waals surface area contributed by atoms with Gasteiger partial charge in [0.25, 0.3) is 11.8 Å². The number of carbonyl (C=O) groups excluding carboxylic acids is 3. The van der Waals surface area contributed by atoms with Gasteiger partial charge in [0.1, 0.15) is 18.4 Å². The average molecular weight is 608 g/mol. The van der Waals surface area contributed by atoms with Crippen LogP contribution in [0, 0.1) is 20.8 Å². The highest BCUT2D eigenvalue weighted by atomic mass is 32.2. The average Bonchev–Trinajstić information content (AvgIpc) is 3.42. The minimum Gasteiger partial charge on any atom is -0.461 e. The smallest absolute Gasteiger partial charge is 0.329 e. The Balaban J connectivity index is 1.43. The summed E-state index contributed by atoms with van der Waals surface area (Å²) in [6.45, 7) is 8.21. The number of benzene rings is 1. The third kappa shape index (κ3) is 7.84. The molecule has 6 bridgehead atoms. The van der Waals surface area contributed by atoms with Crippen LogP contribution in [-0.4, -0.2) is 59.4 Å². The summed E-state index contributed by atoms with van der Waals surface area (Å²) < 4.78 is 24.0. The third-order valence-corrected chi connectivity index (χ3v) is 8.56. The monoisotopic (exact) mass is 607 g/mol. The zero-order chi connectivity index (χ0) is 30.5. The second kappa shape index (κ2) is 13.7. The lowest BCUT2D eigenvalue weighted by molar-refractivity contribution is -0.237. The van der Waals surface area contributed by atoms with Crippen LogP contribution in [0.15, 0.2) is 58.1 Å². The van der Waals surface area contributed by atoms with Gasteiger partial charge in [0.2, 0.25) is 0 Å². The fourth-order valence-electron chi connectivity index (χ4n) is 5.36. The first-order valence-corrected chi connectivity index (χ1v) is 15.4. The van der Waals surface area contributed by atoms with Crippen LogP contribution in [0.5, 0.6) is 0 Å². The Morgan fingerprint density at radius 1 is 1.02 bits per heavy atom. The molecule has 0 aliphatic carbocycles. The number of esters is 1. The lowest BCUT2D eigenvalue weighted by Crippen LogP contribution is -2.44. The Morgan fingerprint density at radius 3 is 2.60 bits per heavy atom. The minimum atomic E-state index is -0.980. The number of ether oxygens (including phenoxy) is 3. The molecular formula is C32H37N3O7S. The summed E-state index contributed by atoms with van der Waals surface area (Å²) in [6, 6.07) is 3.24. The molecule has 0 saturated carbocycles. The summed E-state index contributed by atoms with van der Waals surface area (Å²) in [5.74, 6) is -0.943. The standard InChI is InChI=1S/C32H37N3O7S/c1-18-12-19(2)28(20(3)13-18)32-41-22-8-6-5-7-11-33-30(37)26-10-9-21(4)40-31(38)25(17-43-26)35-29(36)24-16-39-27(34-24)15-23(14-22)42-32/h5-8,10,12-13,16,21-23,25,32H,9,11,14-15,17H2,1-4H3,(H,33,37)(H,35,36)/b7-5+,8-6+,26-10-/t21-,22-,23-,25-,32-/m1/s1. The molecule has 4 heterocycles. The molecule has 2 aromatic rings. The lowest BCUT2D eigenvalue weighted by Gasteiger charge is -2.35. The third-order valence-electron chi connectivity index (χ3n) is 7.40. The Kier molecular flexibility index (Phi) is 9.84. The highest BCUT2D eigenvalue weighted by molar-refractivity contribution is 8.04. The number of rotatable bonds is 1. The Hall–Kier alpha value is -3.67. The quantitative estimate of drug-likeness (QED) is 0.456. The molecule has 0 radical (unpaired) electrons. The molecule has 43 heavy (non-hydrogen) atoms. The van der Waals surface area contributed by atoms with Gasteiger partial charge >= 0.3 is 5.97 Å². The molecule has 2 N–H and O–H groups in total. The molecule has 1 saturated heterocycles. The van der Waals surface area contributed by atoms with Gasteiger partial charge in [0.15, 0.2) is 17.9 Å². The molecule has 5 atom stereocenters. The normalized spacial score (nSPS) is 29.9. The van der Waals surface area contributed by atoms with Crippen LogP contribution in [0.1, 0.15) is 64.7 Å². The molecule has 1 aromatic heterocycles. The highest BCUT2D eigenvalue weighted by Crippen LogP contribution is 2.35. The first-order valence-electron chi connectivity index (χ1n) is 14.4. The van der Waals surface area contributed by atoms with E-state index in [0.29, 0.717) is 36.6 Å². The van der Waals surface area contributed by atoms with Gasteiger partial charge in [0.05, 0.1) is 23.5 Å². The maximum absolute atomic E-state index is 13.1. The van der Waals surface area contributed by atoms with E-state index in [1.807, 2.05) is 38.2 Å². The second-order valence-electron chi connectivity index (χ2n) is 11.1. The topological polar surface area (TPSA) is 129 Å². The van der Waals surface area contributed by atoms with E-state index >= 15 is 0 Å². The number of amides is 2. The number of allylic oxidation sites excluding steroid dienone is 2. The summed E-state index contributed by atoms with van der Waals surface area (Å²) in [4.78, 5) is 43.8. The molecule has 1 aromatic carbocycles. The van der Waals surface area contributed by atoms with Gasteiger partial charge in [-0.2, -0.15) is 0 Å². The first kappa shape index (κ1) is 30.8. The maximum atomic E-state index is 13.1. The summed E-state index contributed by atoms with van der Waals surface area (Å²) in [5, 5.41) is 5.59. The Labute approximate surface area is 255 Å². The van der Waals surface area contributed by atoms with E-state index in [4.69, 9.17) is 18.6 Å². The number of nitrogens with one attached hydrogen (secondary N) is 2. The van der Waals surface area contributed by atoms with Crippen molar-refractivity contribution in [2.45, 2.75) is 77.6 Å². The molecule has 11 heteroatoms. The molecule has 228 valence electrons. The SMILES string of the molecule is Cc1cc(C)c([C@H]2O[C@H]3Cc4nc(co4)C(=O)N[C@@H]4CS/C(=C\C[C@@H](C)OC4=O)C(=O)NC/C=C/C=C/[C@H](C3)O2)c(C)c1. The van der Waals surface area contributed by atoms with Crippen LogP contribution < -0.4 is 10.6 Å². The van der Waals surface area contributed by atoms with Gasteiger partial charge < -0.3 is 29.3 Å². The predicted molar refractivity (Wildman–Crippen MR) is 161 cm³/mol. The number of thioether (sulfide) groups is 1. The summed E-state index contributed by atoms with van der Waals surface area (Å²) >= 11 is 1.19. The van der Waals surface area contributed by atoms with Crippen LogP contribution >= 0.6 is 11.8 Å². The van der Waals surface area contributed by atoms with Gasteiger partial charge in [-0.1, -0.05) is 48.1 Å². The molecule has 3 aliphatic rings.